The molecule has 1 unspecified atom stereocenters. The Hall–Kier alpha value is -1.68. The number of halogens is 1. The van der Waals surface area contributed by atoms with E-state index in [1.807, 2.05) is 19.1 Å². The molecule has 0 fully saturated rings. The fourth-order valence-electron chi connectivity index (χ4n) is 2.40. The van der Waals surface area contributed by atoms with Gasteiger partial charge in [-0.15, -0.1) is 0 Å². The largest absolute Gasteiger partial charge is 0.496 e. The highest BCUT2D eigenvalue weighted by Gasteiger charge is 2.17. The normalized spacial score (nSPS) is 14.6. The van der Waals surface area contributed by atoms with E-state index in [1.165, 1.54) is 0 Å². The van der Waals surface area contributed by atoms with Crippen molar-refractivity contribution in [3.8, 4) is 17.2 Å². The van der Waals surface area contributed by atoms with E-state index in [9.17, 15) is 0 Å². The van der Waals surface area contributed by atoms with E-state index >= 15 is 0 Å². The van der Waals surface area contributed by atoms with Gasteiger partial charge in [0.05, 0.1) is 11.9 Å². The molecular formula is C17H17BrO3. The van der Waals surface area contributed by atoms with Crippen LogP contribution in [0.3, 0.4) is 0 Å². The van der Waals surface area contributed by atoms with Crippen molar-refractivity contribution in [2.24, 2.45) is 0 Å². The average molecular weight is 349 g/mol. The molecule has 3 nitrogen and oxygen atoms in total. The number of ether oxygens (including phenoxy) is 3. The predicted octanol–water partition coefficient (Wildman–Crippen LogP) is 4.26. The van der Waals surface area contributed by atoms with Gasteiger partial charge in [-0.25, -0.2) is 0 Å². The number of methoxy groups -OCH3 is 1. The van der Waals surface area contributed by atoms with Crippen molar-refractivity contribution in [1.29, 1.82) is 0 Å². The Labute approximate surface area is 133 Å². The van der Waals surface area contributed by atoms with Crippen molar-refractivity contribution < 1.29 is 14.2 Å². The number of rotatable bonds is 3. The molecule has 0 radical (unpaired) electrons. The molecule has 0 saturated heterocycles. The van der Waals surface area contributed by atoms with Crippen LogP contribution in [-0.4, -0.2) is 20.3 Å². The van der Waals surface area contributed by atoms with Crippen LogP contribution >= 0.6 is 15.9 Å². The summed E-state index contributed by atoms with van der Waals surface area (Å²) in [6.45, 7) is 3.25. The summed E-state index contributed by atoms with van der Waals surface area (Å²) >= 11 is 3.76. The van der Waals surface area contributed by atoms with Crippen LogP contribution in [0.1, 0.15) is 21.5 Å². The molecule has 0 aliphatic carbocycles. The Morgan fingerprint density at radius 2 is 1.67 bits per heavy atom. The molecule has 1 heterocycles. The molecule has 21 heavy (non-hydrogen) atoms. The zero-order chi connectivity index (χ0) is 14.8. The van der Waals surface area contributed by atoms with E-state index in [4.69, 9.17) is 14.2 Å². The van der Waals surface area contributed by atoms with E-state index in [1.54, 1.807) is 7.11 Å². The molecule has 4 heteroatoms. The third-order valence-electron chi connectivity index (χ3n) is 3.58. The Morgan fingerprint density at radius 3 is 2.43 bits per heavy atom. The van der Waals surface area contributed by atoms with Crippen molar-refractivity contribution in [3.05, 3.63) is 53.1 Å². The summed E-state index contributed by atoms with van der Waals surface area (Å²) in [5.74, 6) is 2.52. The third-order valence-corrected chi connectivity index (χ3v) is 4.64. The lowest BCUT2D eigenvalue weighted by Crippen LogP contribution is -2.15. The van der Waals surface area contributed by atoms with Crippen LogP contribution in [0.2, 0.25) is 0 Å². The highest BCUT2D eigenvalue weighted by atomic mass is 79.9. The van der Waals surface area contributed by atoms with Crippen LogP contribution in [0.5, 0.6) is 17.2 Å². The molecule has 0 bridgehead atoms. The molecule has 1 aliphatic heterocycles. The number of hydrogen-bond acceptors (Lipinski definition) is 3. The summed E-state index contributed by atoms with van der Waals surface area (Å²) in [5.41, 5.74) is 3.41. The van der Waals surface area contributed by atoms with Crippen LogP contribution in [0.25, 0.3) is 0 Å². The molecule has 3 rings (SSSR count). The van der Waals surface area contributed by atoms with Gasteiger partial charge < -0.3 is 14.2 Å². The molecule has 2 aromatic rings. The minimum absolute atomic E-state index is 0.0860. The standard InChI is InChI=1S/C17H17BrO3/c1-11-3-4-12(9-15(11)19-2)17(18)13-5-6-14-16(10-13)21-8-7-20-14/h3-6,9-10,17H,7-8H2,1-2H3. The molecule has 2 aromatic carbocycles. The van der Waals surface area contributed by atoms with Gasteiger partial charge >= 0.3 is 0 Å². The molecule has 0 amide bonds. The predicted molar refractivity (Wildman–Crippen MR) is 85.9 cm³/mol. The molecular weight excluding hydrogens is 332 g/mol. The Morgan fingerprint density at radius 1 is 1.00 bits per heavy atom. The molecule has 0 aromatic heterocycles. The van der Waals surface area contributed by atoms with Crippen molar-refractivity contribution in [2.45, 2.75) is 11.8 Å². The monoisotopic (exact) mass is 348 g/mol. The van der Waals surface area contributed by atoms with Gasteiger partial charge in [0.25, 0.3) is 0 Å². The first kappa shape index (κ1) is 14.3. The maximum Gasteiger partial charge on any atom is 0.161 e. The maximum absolute atomic E-state index is 5.64. The highest BCUT2D eigenvalue weighted by molar-refractivity contribution is 9.09. The average Bonchev–Trinajstić information content (AvgIpc) is 2.54. The van der Waals surface area contributed by atoms with E-state index in [0.29, 0.717) is 13.2 Å². The fraction of sp³-hybridized carbons (Fsp3) is 0.294. The third kappa shape index (κ3) is 2.86. The number of benzene rings is 2. The zero-order valence-corrected chi connectivity index (χ0v) is 13.6. The van der Waals surface area contributed by atoms with Gasteiger partial charge in [0, 0.05) is 0 Å². The topological polar surface area (TPSA) is 27.7 Å². The van der Waals surface area contributed by atoms with E-state index in [2.05, 4.69) is 40.2 Å². The van der Waals surface area contributed by atoms with Crippen molar-refractivity contribution >= 4 is 15.9 Å². The number of hydrogen-bond donors (Lipinski definition) is 0. The molecule has 1 aliphatic rings. The Balaban J connectivity index is 1.92. The summed E-state index contributed by atoms with van der Waals surface area (Å²) in [6.07, 6.45) is 0. The number of fused-ring (bicyclic) bond motifs is 1. The van der Waals surface area contributed by atoms with Crippen molar-refractivity contribution in [1.82, 2.24) is 0 Å². The minimum atomic E-state index is 0.0860. The van der Waals surface area contributed by atoms with Crippen LogP contribution < -0.4 is 14.2 Å². The Kier molecular flexibility index (Phi) is 4.06. The highest BCUT2D eigenvalue weighted by Crippen LogP contribution is 2.38. The summed E-state index contributed by atoms with van der Waals surface area (Å²) in [4.78, 5) is 0.0860. The number of aryl methyl sites for hydroxylation is 1. The van der Waals surface area contributed by atoms with Crippen molar-refractivity contribution in [3.63, 3.8) is 0 Å². The van der Waals surface area contributed by atoms with Gasteiger partial charge in [-0.3, -0.25) is 0 Å². The van der Waals surface area contributed by atoms with Crippen LogP contribution in [0.4, 0.5) is 0 Å². The fourth-order valence-corrected chi connectivity index (χ4v) is 2.97. The van der Waals surface area contributed by atoms with Gasteiger partial charge in [-0.1, -0.05) is 34.1 Å². The smallest absolute Gasteiger partial charge is 0.161 e. The zero-order valence-electron chi connectivity index (χ0n) is 12.1. The first-order valence-electron chi connectivity index (χ1n) is 6.87. The van der Waals surface area contributed by atoms with Gasteiger partial charge in [-0.2, -0.15) is 0 Å². The van der Waals surface area contributed by atoms with Crippen LogP contribution in [0, 0.1) is 6.92 Å². The maximum atomic E-state index is 5.64. The SMILES string of the molecule is COc1cc(C(Br)c2ccc3c(c2)OCCO3)ccc1C. The quantitative estimate of drug-likeness (QED) is 0.775. The van der Waals surface area contributed by atoms with E-state index in [0.717, 1.165) is 33.9 Å². The lowest BCUT2D eigenvalue weighted by molar-refractivity contribution is 0.171. The second-order valence-corrected chi connectivity index (χ2v) is 5.91. The van der Waals surface area contributed by atoms with Gasteiger partial charge in [0.2, 0.25) is 0 Å². The summed E-state index contributed by atoms with van der Waals surface area (Å²) in [6, 6.07) is 12.3. The first-order chi connectivity index (χ1) is 10.2. The molecule has 0 spiro atoms. The van der Waals surface area contributed by atoms with Gasteiger partial charge in [0.15, 0.2) is 11.5 Å². The van der Waals surface area contributed by atoms with Crippen LogP contribution in [0.15, 0.2) is 36.4 Å². The summed E-state index contributed by atoms with van der Waals surface area (Å²) in [7, 11) is 1.69. The summed E-state index contributed by atoms with van der Waals surface area (Å²) in [5, 5.41) is 0. The first-order valence-corrected chi connectivity index (χ1v) is 7.79. The van der Waals surface area contributed by atoms with E-state index < -0.39 is 0 Å². The molecule has 0 N–H and O–H groups in total. The Bertz CT molecular complexity index is 654. The van der Waals surface area contributed by atoms with Crippen LogP contribution in [-0.2, 0) is 0 Å². The number of alkyl halides is 1. The van der Waals surface area contributed by atoms with Gasteiger partial charge in [-0.05, 0) is 41.8 Å². The molecule has 1 atom stereocenters. The lowest BCUT2D eigenvalue weighted by Gasteiger charge is -2.20. The molecule has 0 saturated carbocycles. The second kappa shape index (κ2) is 5.98. The van der Waals surface area contributed by atoms with Gasteiger partial charge in [0.1, 0.15) is 19.0 Å². The molecule has 110 valence electrons. The van der Waals surface area contributed by atoms with E-state index in [-0.39, 0.29) is 4.83 Å². The lowest BCUT2D eigenvalue weighted by atomic mass is 10.0. The summed E-state index contributed by atoms with van der Waals surface area (Å²) < 4.78 is 16.6. The van der Waals surface area contributed by atoms with Crippen molar-refractivity contribution in [2.75, 3.05) is 20.3 Å². The second-order valence-electron chi connectivity index (χ2n) is 4.99. The minimum Gasteiger partial charge on any atom is -0.496 e.